The molecule has 0 unspecified atom stereocenters. The zero-order valence-electron chi connectivity index (χ0n) is 12.2. The maximum atomic E-state index is 11.8. The molecule has 0 heterocycles. The second-order valence-corrected chi connectivity index (χ2v) is 4.11. The predicted octanol–water partition coefficient (Wildman–Crippen LogP) is -2.34. The van der Waals surface area contributed by atoms with Gasteiger partial charge in [-0.2, -0.15) is 0 Å². The fourth-order valence-corrected chi connectivity index (χ4v) is 1.39. The fourth-order valence-electron chi connectivity index (χ4n) is 1.39. The molecule has 0 aromatic carbocycles. The maximum absolute atomic E-state index is 11.8. The summed E-state index contributed by atoms with van der Waals surface area (Å²) in [5, 5.41) is 7.44. The predicted molar refractivity (Wildman–Crippen MR) is 68.0 cm³/mol. The number of hydrogen-bond acceptors (Lipinski definition) is 5. The number of rotatable bonds is 8. The molecule has 108 valence electrons. The molecule has 0 aromatic heterocycles. The van der Waals surface area contributed by atoms with Crippen molar-refractivity contribution in [2.75, 3.05) is 13.6 Å². The van der Waals surface area contributed by atoms with Crippen LogP contribution < -0.4 is 21.7 Å². The van der Waals surface area contributed by atoms with Gasteiger partial charge >= 0.3 is 0 Å². The molecular weight excluding hydrogens is 252 g/mol. The Labute approximate surface area is 112 Å². The number of carbonyl (C=O) groups excluding carboxylic acids is 4. The Bertz CT molecular complexity index is 389. The summed E-state index contributed by atoms with van der Waals surface area (Å²) in [6.45, 7) is 2.42. The second kappa shape index (κ2) is 8.20. The van der Waals surface area contributed by atoms with E-state index in [1.54, 1.807) is 5.73 Å². The molecule has 0 aliphatic rings. The molecule has 0 radical (unpaired) electrons. The maximum Gasteiger partial charge on any atom is 0.241 e. The number of ketones is 1. The summed E-state index contributed by atoms with van der Waals surface area (Å²) >= 11 is 0. The molecule has 0 aromatic rings. The summed E-state index contributed by atoms with van der Waals surface area (Å²) in [6.07, 6.45) is 0.0256. The second-order valence-electron chi connectivity index (χ2n) is 4.11. The molecule has 0 saturated heterocycles. The van der Waals surface area contributed by atoms with Gasteiger partial charge in [0.15, 0.2) is 1.41 Å². The number of nitrogens with two attached hydrogens (primary N) is 1. The van der Waals surface area contributed by atoms with E-state index >= 15 is 0 Å². The van der Waals surface area contributed by atoms with E-state index in [1.165, 1.54) is 20.9 Å². The number of primary amides is 1. The molecule has 0 rings (SSSR count). The van der Waals surface area contributed by atoms with Crippen molar-refractivity contribution in [1.29, 1.82) is 0 Å². The molecule has 0 saturated carbocycles. The van der Waals surface area contributed by atoms with E-state index < -0.39 is 29.8 Å². The van der Waals surface area contributed by atoms with Gasteiger partial charge in [-0.05, 0) is 14.0 Å². The molecule has 0 aliphatic carbocycles. The summed E-state index contributed by atoms with van der Waals surface area (Å²) < 4.78 is 6.76. The summed E-state index contributed by atoms with van der Waals surface area (Å²) in [5.41, 5.74) is 1.64. The van der Waals surface area contributed by atoms with Gasteiger partial charge in [0.2, 0.25) is 17.7 Å². The lowest BCUT2D eigenvalue weighted by Gasteiger charge is -2.18. The van der Waals surface area contributed by atoms with Gasteiger partial charge in [0.1, 0.15) is 11.8 Å². The third kappa shape index (κ3) is 7.14. The number of likely N-dealkylation sites (N-methyl/N-ethyl adjacent to an activating group) is 1. The van der Waals surface area contributed by atoms with E-state index in [2.05, 4.69) is 16.0 Å². The third-order valence-corrected chi connectivity index (χ3v) is 2.33. The zero-order chi connectivity index (χ0) is 15.7. The Morgan fingerprint density at radius 1 is 1.21 bits per heavy atom. The standard InChI is InChI=1S/C11H20N4O4/c1-6(16)4-8(13-3)11(19)14-5-9(10(12)18)15-7(2)17/h8-9,13H,4-5H2,1-3H3,(H2,12,18)(H,14,19)(H,15,17)/t8-,9-/m0/s1/i/hT. The lowest BCUT2D eigenvalue weighted by Crippen LogP contribution is -2.53. The summed E-state index contributed by atoms with van der Waals surface area (Å²) in [6, 6.07) is -1.74. The highest BCUT2D eigenvalue weighted by Crippen LogP contribution is 1.93. The Morgan fingerprint density at radius 3 is 2.26 bits per heavy atom. The van der Waals surface area contributed by atoms with Crippen LogP contribution in [-0.4, -0.2) is 49.2 Å². The highest BCUT2D eigenvalue weighted by molar-refractivity contribution is 5.89. The van der Waals surface area contributed by atoms with Crippen LogP contribution >= 0.6 is 0 Å². The minimum absolute atomic E-state index is 0.0256. The van der Waals surface area contributed by atoms with E-state index in [9.17, 15) is 19.2 Å². The number of nitrogens with one attached hydrogen (secondary N) is 3. The van der Waals surface area contributed by atoms with Crippen LogP contribution in [0, 0.1) is 0 Å². The number of carbonyl (C=O) groups is 4. The summed E-state index contributed by atoms with van der Waals surface area (Å²) in [5.74, 6) is -1.81. The first-order valence-electron chi connectivity index (χ1n) is 6.24. The van der Waals surface area contributed by atoms with Crippen LogP contribution in [0.15, 0.2) is 0 Å². The monoisotopic (exact) mass is 274 g/mol. The fraction of sp³-hybridized carbons (Fsp3) is 0.636. The molecule has 0 bridgehead atoms. The average molecular weight is 274 g/mol. The number of hydrogen-bond donors (Lipinski definition) is 4. The Hall–Kier alpha value is -1.96. The van der Waals surface area contributed by atoms with Crippen molar-refractivity contribution < 1.29 is 20.6 Å². The van der Waals surface area contributed by atoms with Crippen molar-refractivity contribution in [3.8, 4) is 0 Å². The van der Waals surface area contributed by atoms with Crippen molar-refractivity contribution in [3.63, 3.8) is 0 Å². The van der Waals surface area contributed by atoms with Gasteiger partial charge in [0, 0.05) is 19.9 Å². The molecule has 5 N–H and O–H groups in total. The molecule has 0 spiro atoms. The highest BCUT2D eigenvalue weighted by atomic mass is 16.2. The Morgan fingerprint density at radius 2 is 1.84 bits per heavy atom. The SMILES string of the molecule is [3H]NC(=O)[C@H](CNC(=O)[C@H](CC(C)=O)NC)NC(C)=O. The van der Waals surface area contributed by atoms with Crippen LogP contribution in [0.3, 0.4) is 0 Å². The first-order chi connectivity index (χ1) is 9.31. The van der Waals surface area contributed by atoms with Gasteiger partial charge in [-0.3, -0.25) is 19.2 Å². The Balaban J connectivity index is 4.52. The van der Waals surface area contributed by atoms with Crippen LogP contribution in [0.5, 0.6) is 0 Å². The average Bonchev–Trinajstić information content (AvgIpc) is 2.38. The van der Waals surface area contributed by atoms with Crippen LogP contribution in [0.4, 0.5) is 0 Å². The van der Waals surface area contributed by atoms with Gasteiger partial charge in [-0.25, -0.2) is 0 Å². The van der Waals surface area contributed by atoms with E-state index in [0.717, 1.165) is 0 Å². The lowest BCUT2D eigenvalue weighted by molar-refractivity contribution is -0.128. The molecule has 3 amide bonds. The first-order valence-corrected chi connectivity index (χ1v) is 5.74. The molecule has 0 aliphatic heterocycles. The van der Waals surface area contributed by atoms with Gasteiger partial charge in [0.25, 0.3) is 0 Å². The molecule has 8 nitrogen and oxygen atoms in total. The van der Waals surface area contributed by atoms with Crippen molar-refractivity contribution in [2.45, 2.75) is 32.4 Å². The molecule has 0 fully saturated rings. The van der Waals surface area contributed by atoms with Crippen LogP contribution in [0.2, 0.25) is 1.41 Å². The van der Waals surface area contributed by atoms with Crippen molar-refractivity contribution >= 4 is 23.5 Å². The normalized spacial score (nSPS) is 13.7. The van der Waals surface area contributed by atoms with Gasteiger partial charge < -0.3 is 21.7 Å². The molecular formula is C11H20N4O4. The van der Waals surface area contributed by atoms with E-state index in [-0.39, 0.29) is 18.7 Å². The largest absolute Gasteiger partial charge is 0.368 e. The van der Waals surface area contributed by atoms with E-state index in [1.807, 2.05) is 0 Å². The third-order valence-electron chi connectivity index (χ3n) is 2.33. The number of amides is 3. The highest BCUT2D eigenvalue weighted by Gasteiger charge is 2.21. The van der Waals surface area contributed by atoms with Crippen molar-refractivity contribution in [2.24, 2.45) is 5.73 Å². The minimum atomic E-state index is -1.04. The topological polar surface area (TPSA) is 130 Å². The number of Topliss-reactive ketones (excluding diaryl/α,β-unsaturated/α-hetero) is 1. The summed E-state index contributed by atoms with van der Waals surface area (Å²) in [4.78, 5) is 45.1. The van der Waals surface area contributed by atoms with Crippen LogP contribution in [0.25, 0.3) is 0 Å². The van der Waals surface area contributed by atoms with Gasteiger partial charge in [-0.15, -0.1) is 0 Å². The zero-order valence-corrected chi connectivity index (χ0v) is 11.2. The van der Waals surface area contributed by atoms with Crippen LogP contribution in [-0.2, 0) is 19.2 Å². The quantitative estimate of drug-likeness (QED) is 0.394. The molecule has 19 heavy (non-hydrogen) atoms. The van der Waals surface area contributed by atoms with Gasteiger partial charge in [-0.1, -0.05) is 0 Å². The van der Waals surface area contributed by atoms with E-state index in [0.29, 0.717) is 0 Å². The summed E-state index contributed by atoms with van der Waals surface area (Å²) in [7, 11) is 1.54. The van der Waals surface area contributed by atoms with Crippen molar-refractivity contribution in [1.82, 2.24) is 16.0 Å². The smallest absolute Gasteiger partial charge is 0.241 e. The lowest BCUT2D eigenvalue weighted by atomic mass is 10.1. The van der Waals surface area contributed by atoms with Crippen LogP contribution in [0.1, 0.15) is 20.3 Å². The van der Waals surface area contributed by atoms with Gasteiger partial charge in [0.05, 0.1) is 6.04 Å². The molecule has 8 heteroatoms. The Kier molecular flexibility index (Phi) is 6.51. The minimum Gasteiger partial charge on any atom is -0.368 e. The van der Waals surface area contributed by atoms with Crippen molar-refractivity contribution in [3.05, 3.63) is 0 Å². The first kappa shape index (κ1) is 15.1. The molecule has 2 atom stereocenters. The van der Waals surface area contributed by atoms with E-state index in [4.69, 9.17) is 1.41 Å².